The molecule has 0 bridgehead atoms. The maximum atomic E-state index is 14.9. The molecule has 1 heterocycles. The first-order valence-electron chi connectivity index (χ1n) is 13.0. The van der Waals surface area contributed by atoms with Crippen LogP contribution >= 0.6 is 11.6 Å². The minimum absolute atomic E-state index is 0.0196. The zero-order valence-corrected chi connectivity index (χ0v) is 21.9. The molecule has 0 radical (unpaired) electrons. The molecule has 4 N–H and O–H groups in total. The summed E-state index contributed by atoms with van der Waals surface area (Å²) in [6, 6.07) is 4.62. The minimum Gasteiger partial charge on any atom is -0.453 e. The number of amides is 3. The molecular formula is C26H40ClFN4O4. The Balaban J connectivity index is 1.58. The Hall–Kier alpha value is -2.10. The van der Waals surface area contributed by atoms with Crippen LogP contribution in [0.5, 0.6) is 0 Å². The van der Waals surface area contributed by atoms with Crippen LogP contribution in [0, 0.1) is 17.7 Å². The molecule has 1 aromatic rings. The summed E-state index contributed by atoms with van der Waals surface area (Å²) in [4.78, 5) is 26.0. The summed E-state index contributed by atoms with van der Waals surface area (Å²) < 4.78 is 25.6. The number of urea groups is 1. The quantitative estimate of drug-likeness (QED) is 0.386. The summed E-state index contributed by atoms with van der Waals surface area (Å²) in [7, 11) is 1.28. The van der Waals surface area contributed by atoms with Gasteiger partial charge in [-0.25, -0.2) is 14.0 Å². The third kappa shape index (κ3) is 8.49. The Morgan fingerprint density at radius 1 is 1.19 bits per heavy atom. The first kappa shape index (κ1) is 28.5. The van der Waals surface area contributed by atoms with Gasteiger partial charge in [0.25, 0.3) is 0 Å². The van der Waals surface area contributed by atoms with Crippen LogP contribution < -0.4 is 16.4 Å². The Morgan fingerprint density at radius 2 is 1.97 bits per heavy atom. The third-order valence-electron chi connectivity index (χ3n) is 7.19. The van der Waals surface area contributed by atoms with Gasteiger partial charge in [0, 0.05) is 43.7 Å². The smallest absolute Gasteiger partial charge is 0.406 e. The number of halogens is 2. The zero-order valence-electron chi connectivity index (χ0n) is 21.1. The fourth-order valence-corrected chi connectivity index (χ4v) is 5.52. The molecular weight excluding hydrogens is 487 g/mol. The Labute approximate surface area is 218 Å². The lowest BCUT2D eigenvalue weighted by Gasteiger charge is -2.37. The van der Waals surface area contributed by atoms with Gasteiger partial charge in [-0.1, -0.05) is 55.8 Å². The van der Waals surface area contributed by atoms with Gasteiger partial charge in [0.1, 0.15) is 5.82 Å². The summed E-state index contributed by atoms with van der Waals surface area (Å²) in [5.74, 6) is -0.00366. The highest BCUT2D eigenvalue weighted by molar-refractivity contribution is 6.30. The van der Waals surface area contributed by atoms with E-state index in [0.717, 1.165) is 19.3 Å². The van der Waals surface area contributed by atoms with Crippen LogP contribution in [0.15, 0.2) is 18.2 Å². The number of piperidine rings is 1. The third-order valence-corrected chi connectivity index (χ3v) is 7.48. The Kier molecular flexibility index (Phi) is 11.5. The van der Waals surface area contributed by atoms with Gasteiger partial charge in [-0.3, -0.25) is 0 Å². The van der Waals surface area contributed by atoms with E-state index in [1.165, 1.54) is 45.3 Å². The van der Waals surface area contributed by atoms with Gasteiger partial charge in [0.15, 0.2) is 0 Å². The number of likely N-dealkylation sites (tertiary alicyclic amines) is 1. The Bertz CT molecular complexity index is 855. The topological polar surface area (TPSA) is 106 Å². The Morgan fingerprint density at radius 3 is 2.72 bits per heavy atom. The maximum absolute atomic E-state index is 14.9. The summed E-state index contributed by atoms with van der Waals surface area (Å²) >= 11 is 6.05. The van der Waals surface area contributed by atoms with Crippen LogP contribution in [0.3, 0.4) is 0 Å². The first-order valence-corrected chi connectivity index (χ1v) is 13.4. The maximum Gasteiger partial charge on any atom is 0.406 e. The van der Waals surface area contributed by atoms with E-state index in [9.17, 15) is 14.0 Å². The van der Waals surface area contributed by atoms with Crippen LogP contribution in [-0.4, -0.2) is 63.0 Å². The van der Waals surface area contributed by atoms with Crippen molar-refractivity contribution < 1.29 is 23.5 Å². The van der Waals surface area contributed by atoms with E-state index in [4.69, 9.17) is 22.1 Å². The summed E-state index contributed by atoms with van der Waals surface area (Å²) in [6.07, 6.45) is 7.61. The molecule has 2 fully saturated rings. The largest absolute Gasteiger partial charge is 0.453 e. The number of benzene rings is 1. The predicted molar refractivity (Wildman–Crippen MR) is 137 cm³/mol. The fraction of sp³-hybridized carbons (Fsp3) is 0.692. The van der Waals surface area contributed by atoms with Crippen molar-refractivity contribution >= 4 is 23.7 Å². The summed E-state index contributed by atoms with van der Waals surface area (Å²) in [6.45, 7) is 1.85. The second-order valence-electron chi connectivity index (χ2n) is 9.89. The van der Waals surface area contributed by atoms with Crippen molar-refractivity contribution in [1.82, 2.24) is 15.5 Å². The zero-order chi connectivity index (χ0) is 25.9. The number of hydrogen-bond donors (Lipinski definition) is 3. The lowest BCUT2D eigenvalue weighted by atomic mass is 9.85. The SMILES string of the molecule is COC(=O)NCCO[C@@H](c1cccc(Cl)c1F)[C@@H]1CCCN(C(=O)NC[C@@H](N)CC2CCCCC2)C1. The molecule has 1 aliphatic heterocycles. The summed E-state index contributed by atoms with van der Waals surface area (Å²) in [5.41, 5.74) is 6.67. The highest BCUT2D eigenvalue weighted by atomic mass is 35.5. The molecule has 3 rings (SSSR count). The monoisotopic (exact) mass is 526 g/mol. The molecule has 0 unspecified atom stereocenters. The number of hydrogen-bond acceptors (Lipinski definition) is 5. The first-order chi connectivity index (χ1) is 17.4. The van der Waals surface area contributed by atoms with Gasteiger partial charge < -0.3 is 30.7 Å². The van der Waals surface area contributed by atoms with Crippen molar-refractivity contribution in [3.05, 3.63) is 34.6 Å². The number of ether oxygens (including phenoxy) is 2. The second-order valence-corrected chi connectivity index (χ2v) is 10.3. The number of nitrogens with one attached hydrogen (secondary N) is 2. The molecule has 0 aromatic heterocycles. The number of carbonyl (C=O) groups is 2. The van der Waals surface area contributed by atoms with E-state index in [0.29, 0.717) is 31.1 Å². The molecule has 2 aliphatic rings. The van der Waals surface area contributed by atoms with E-state index in [2.05, 4.69) is 15.4 Å². The standard InChI is InChI=1S/C26H40ClFN4O4/c1-35-26(34)30-12-14-36-24(21-10-5-11-22(27)23(21)28)19-9-6-13-32(17-19)25(33)31-16-20(29)15-18-7-3-2-4-8-18/h5,10-11,18-20,24H,2-4,6-9,12-17,29H2,1H3,(H,30,34)(H,31,33)/t19-,20+,24-/m1/s1. The molecule has 3 amide bonds. The number of alkyl carbamates (subject to hydrolysis) is 1. The molecule has 8 nitrogen and oxygen atoms in total. The average molecular weight is 527 g/mol. The number of rotatable bonds is 10. The van der Waals surface area contributed by atoms with Crippen molar-refractivity contribution in [2.45, 2.75) is 63.5 Å². The van der Waals surface area contributed by atoms with Crippen LogP contribution in [0.25, 0.3) is 0 Å². The van der Waals surface area contributed by atoms with Crippen molar-refractivity contribution in [3.8, 4) is 0 Å². The summed E-state index contributed by atoms with van der Waals surface area (Å²) in [5, 5.41) is 5.58. The van der Waals surface area contributed by atoms with Crippen molar-refractivity contribution in [3.63, 3.8) is 0 Å². The molecule has 202 valence electrons. The van der Waals surface area contributed by atoms with Crippen LogP contribution in [-0.2, 0) is 9.47 Å². The molecule has 36 heavy (non-hydrogen) atoms. The number of nitrogens with two attached hydrogens (primary N) is 1. The highest BCUT2D eigenvalue weighted by Crippen LogP contribution is 2.36. The molecule has 1 saturated heterocycles. The van der Waals surface area contributed by atoms with Gasteiger partial charge in [-0.15, -0.1) is 0 Å². The predicted octanol–water partition coefficient (Wildman–Crippen LogP) is 4.61. The molecule has 10 heteroatoms. The van der Waals surface area contributed by atoms with E-state index in [1.807, 2.05) is 0 Å². The highest BCUT2D eigenvalue weighted by Gasteiger charge is 2.33. The van der Waals surface area contributed by atoms with Gasteiger partial charge in [0.2, 0.25) is 0 Å². The van der Waals surface area contributed by atoms with Crippen LogP contribution in [0.1, 0.15) is 63.0 Å². The normalized spacial score (nSPS) is 20.4. The lowest BCUT2D eigenvalue weighted by molar-refractivity contribution is -0.0104. The number of methoxy groups -OCH3 is 1. The van der Waals surface area contributed by atoms with Gasteiger partial charge in [-0.2, -0.15) is 0 Å². The van der Waals surface area contributed by atoms with E-state index >= 15 is 0 Å². The van der Waals surface area contributed by atoms with Crippen molar-refractivity contribution in [1.29, 1.82) is 0 Å². The lowest BCUT2D eigenvalue weighted by Crippen LogP contribution is -2.49. The van der Waals surface area contributed by atoms with Gasteiger partial charge in [-0.05, 0) is 31.2 Å². The van der Waals surface area contributed by atoms with E-state index in [1.54, 1.807) is 17.0 Å². The average Bonchev–Trinajstić information content (AvgIpc) is 2.89. The fourth-order valence-electron chi connectivity index (χ4n) is 5.34. The van der Waals surface area contributed by atoms with Crippen LogP contribution in [0.2, 0.25) is 5.02 Å². The van der Waals surface area contributed by atoms with Gasteiger partial charge in [0.05, 0.1) is 24.8 Å². The van der Waals surface area contributed by atoms with E-state index < -0.39 is 18.0 Å². The minimum atomic E-state index is -0.618. The number of nitrogens with zero attached hydrogens (tertiary/aromatic N) is 1. The molecule has 1 saturated carbocycles. The van der Waals surface area contributed by atoms with Crippen molar-refractivity contribution in [2.75, 3.05) is 39.9 Å². The molecule has 1 aromatic carbocycles. The number of carbonyl (C=O) groups excluding carboxylic acids is 2. The molecule has 1 aliphatic carbocycles. The molecule has 0 spiro atoms. The second kappa shape index (κ2) is 14.6. The molecule has 3 atom stereocenters. The van der Waals surface area contributed by atoms with Crippen molar-refractivity contribution in [2.24, 2.45) is 17.6 Å². The van der Waals surface area contributed by atoms with Gasteiger partial charge >= 0.3 is 12.1 Å². The van der Waals surface area contributed by atoms with E-state index in [-0.39, 0.29) is 36.2 Å². The van der Waals surface area contributed by atoms with Crippen LogP contribution in [0.4, 0.5) is 14.0 Å².